The number of carbonyl (C=O) groups is 2. The third kappa shape index (κ3) is 3.81. The van der Waals surface area contributed by atoms with E-state index in [0.717, 1.165) is 41.4 Å². The van der Waals surface area contributed by atoms with Crippen LogP contribution in [0.15, 0.2) is 24.3 Å². The fourth-order valence-electron chi connectivity index (χ4n) is 2.78. The Labute approximate surface area is 133 Å². The predicted molar refractivity (Wildman–Crippen MR) is 87.7 cm³/mol. The van der Waals surface area contributed by atoms with Crippen molar-refractivity contribution in [1.29, 1.82) is 0 Å². The minimum atomic E-state index is 0.0681. The van der Waals surface area contributed by atoms with E-state index in [1.807, 2.05) is 29.2 Å². The molecule has 0 spiro atoms. The Hall–Kier alpha value is -0.910. The van der Waals surface area contributed by atoms with Gasteiger partial charge in [-0.2, -0.15) is 0 Å². The maximum absolute atomic E-state index is 12.8. The molecule has 1 heterocycles. The van der Waals surface area contributed by atoms with Gasteiger partial charge in [0.1, 0.15) is 5.78 Å². The van der Waals surface area contributed by atoms with Gasteiger partial charge in [0.25, 0.3) is 5.91 Å². The molecule has 0 saturated carbocycles. The van der Waals surface area contributed by atoms with Crippen molar-refractivity contribution in [2.75, 3.05) is 6.54 Å². The van der Waals surface area contributed by atoms with Crippen LogP contribution in [0.1, 0.15) is 49.4 Å². The number of hydrogen-bond acceptors (Lipinski definition) is 2. The number of hydrogen-bond donors (Lipinski definition) is 0. The number of Topliss-reactive ketones (excluding diaryl/α,β-unsaturated/α-hetero) is 1. The molecule has 1 aromatic rings. The molecule has 108 valence electrons. The van der Waals surface area contributed by atoms with Crippen LogP contribution in [0.2, 0.25) is 0 Å². The van der Waals surface area contributed by atoms with Crippen LogP contribution in [0.4, 0.5) is 0 Å². The summed E-state index contributed by atoms with van der Waals surface area (Å²) in [6.07, 6.45) is 4.70. The molecule has 20 heavy (non-hydrogen) atoms. The van der Waals surface area contributed by atoms with Crippen LogP contribution in [-0.2, 0) is 4.79 Å². The maximum Gasteiger partial charge on any atom is 0.255 e. The van der Waals surface area contributed by atoms with Gasteiger partial charge in [0.15, 0.2) is 0 Å². The van der Waals surface area contributed by atoms with Crippen molar-refractivity contribution in [2.45, 2.75) is 45.1 Å². The summed E-state index contributed by atoms with van der Waals surface area (Å²) in [5, 5.41) is 0. The minimum Gasteiger partial charge on any atom is -0.335 e. The lowest BCUT2D eigenvalue weighted by atomic mass is 10.0. The van der Waals surface area contributed by atoms with E-state index in [2.05, 4.69) is 22.6 Å². The summed E-state index contributed by atoms with van der Waals surface area (Å²) in [4.78, 5) is 26.2. The van der Waals surface area contributed by atoms with Gasteiger partial charge in [0, 0.05) is 22.6 Å². The molecule has 1 saturated heterocycles. The Bertz CT molecular complexity index is 501. The van der Waals surface area contributed by atoms with Gasteiger partial charge in [-0.1, -0.05) is 25.0 Å². The molecule has 1 fully saturated rings. The molecule has 1 aliphatic rings. The zero-order valence-electron chi connectivity index (χ0n) is 11.8. The summed E-state index contributed by atoms with van der Waals surface area (Å²) in [6.45, 7) is 2.38. The summed E-state index contributed by atoms with van der Waals surface area (Å²) in [7, 11) is 0. The van der Waals surface area contributed by atoms with Crippen LogP contribution in [0.3, 0.4) is 0 Å². The van der Waals surface area contributed by atoms with Gasteiger partial charge in [-0.3, -0.25) is 9.59 Å². The van der Waals surface area contributed by atoms with Crippen LogP contribution in [-0.4, -0.2) is 29.2 Å². The van der Waals surface area contributed by atoms with Crippen molar-refractivity contribution in [2.24, 2.45) is 0 Å². The van der Waals surface area contributed by atoms with Gasteiger partial charge < -0.3 is 4.90 Å². The van der Waals surface area contributed by atoms with Crippen molar-refractivity contribution in [1.82, 2.24) is 4.90 Å². The third-order valence-corrected chi connectivity index (χ3v) is 4.71. The van der Waals surface area contributed by atoms with Gasteiger partial charge in [-0.15, -0.1) is 0 Å². The van der Waals surface area contributed by atoms with Crippen molar-refractivity contribution < 1.29 is 9.59 Å². The quantitative estimate of drug-likeness (QED) is 0.745. The van der Waals surface area contributed by atoms with Crippen LogP contribution in [0.5, 0.6) is 0 Å². The molecular weight excluding hydrogens is 365 g/mol. The summed E-state index contributed by atoms with van der Waals surface area (Å²) >= 11 is 2.20. The lowest BCUT2D eigenvalue weighted by molar-refractivity contribution is -0.118. The molecule has 0 bridgehead atoms. The number of halogens is 1. The van der Waals surface area contributed by atoms with Crippen molar-refractivity contribution in [3.05, 3.63) is 33.4 Å². The Kier molecular flexibility index (Phi) is 5.57. The van der Waals surface area contributed by atoms with Gasteiger partial charge in [0.05, 0.1) is 5.56 Å². The lowest BCUT2D eigenvalue weighted by Gasteiger charge is -2.30. The van der Waals surface area contributed by atoms with Gasteiger partial charge in [-0.25, -0.2) is 0 Å². The molecule has 0 aromatic heterocycles. The molecule has 1 atom stereocenters. The highest BCUT2D eigenvalue weighted by Crippen LogP contribution is 2.23. The van der Waals surface area contributed by atoms with E-state index in [4.69, 9.17) is 0 Å². The highest BCUT2D eigenvalue weighted by atomic mass is 127. The number of ketones is 1. The molecule has 1 aliphatic heterocycles. The second-order valence-corrected chi connectivity index (χ2v) is 6.55. The number of rotatable bonds is 3. The molecule has 1 unspecified atom stereocenters. The molecule has 2 rings (SSSR count). The Morgan fingerprint density at radius 2 is 2.00 bits per heavy atom. The largest absolute Gasteiger partial charge is 0.335 e. The predicted octanol–water partition coefficient (Wildman–Crippen LogP) is 3.66. The average Bonchev–Trinajstić information content (AvgIpc) is 2.63. The first-order valence-electron chi connectivity index (χ1n) is 7.14. The van der Waals surface area contributed by atoms with Crippen LogP contribution >= 0.6 is 22.6 Å². The van der Waals surface area contributed by atoms with E-state index < -0.39 is 0 Å². The Morgan fingerprint density at radius 3 is 2.70 bits per heavy atom. The molecule has 0 N–H and O–H groups in total. The Morgan fingerprint density at radius 1 is 1.25 bits per heavy atom. The van der Waals surface area contributed by atoms with Gasteiger partial charge >= 0.3 is 0 Å². The molecule has 1 amide bonds. The monoisotopic (exact) mass is 385 g/mol. The van der Waals surface area contributed by atoms with Crippen LogP contribution < -0.4 is 0 Å². The summed E-state index contributed by atoms with van der Waals surface area (Å²) in [6, 6.07) is 7.73. The number of nitrogens with zero attached hydrogens (tertiary/aromatic N) is 1. The zero-order chi connectivity index (χ0) is 14.5. The highest BCUT2D eigenvalue weighted by molar-refractivity contribution is 14.1. The summed E-state index contributed by atoms with van der Waals surface area (Å²) < 4.78 is 0.973. The maximum atomic E-state index is 12.8. The number of benzene rings is 1. The standard InChI is InChI=1S/C16H20INO2/c1-12(19)11-13-7-3-2-6-10-18(13)16(20)14-8-4-5-9-15(14)17/h4-5,8-9,13H,2-3,6-7,10-11H2,1H3. The van der Waals surface area contributed by atoms with Crippen LogP contribution in [0, 0.1) is 3.57 Å². The van der Waals surface area contributed by atoms with Crippen molar-refractivity contribution in [3.8, 4) is 0 Å². The molecule has 0 radical (unpaired) electrons. The second-order valence-electron chi connectivity index (χ2n) is 5.39. The van der Waals surface area contributed by atoms with Crippen molar-refractivity contribution in [3.63, 3.8) is 0 Å². The number of amides is 1. The number of carbonyl (C=O) groups excluding carboxylic acids is 2. The fourth-order valence-corrected chi connectivity index (χ4v) is 3.40. The van der Waals surface area contributed by atoms with E-state index in [9.17, 15) is 9.59 Å². The highest BCUT2D eigenvalue weighted by Gasteiger charge is 2.27. The van der Waals surface area contributed by atoms with E-state index in [-0.39, 0.29) is 17.7 Å². The first kappa shape index (κ1) is 15.5. The first-order chi connectivity index (χ1) is 9.59. The molecule has 3 nitrogen and oxygen atoms in total. The number of likely N-dealkylation sites (tertiary alicyclic amines) is 1. The van der Waals surface area contributed by atoms with E-state index in [1.54, 1.807) is 6.92 Å². The smallest absolute Gasteiger partial charge is 0.255 e. The fraction of sp³-hybridized carbons (Fsp3) is 0.500. The molecule has 4 heteroatoms. The first-order valence-corrected chi connectivity index (χ1v) is 8.22. The summed E-state index contributed by atoms with van der Waals surface area (Å²) in [5.74, 6) is 0.237. The zero-order valence-corrected chi connectivity index (χ0v) is 13.9. The van der Waals surface area contributed by atoms with E-state index in [1.165, 1.54) is 0 Å². The average molecular weight is 385 g/mol. The summed E-state index contributed by atoms with van der Waals surface area (Å²) in [5.41, 5.74) is 0.753. The van der Waals surface area contributed by atoms with E-state index >= 15 is 0 Å². The molecular formula is C16H20INO2. The third-order valence-electron chi connectivity index (χ3n) is 3.77. The Balaban J connectivity index is 2.24. The van der Waals surface area contributed by atoms with Crippen LogP contribution in [0.25, 0.3) is 0 Å². The minimum absolute atomic E-state index is 0.0681. The topological polar surface area (TPSA) is 37.4 Å². The SMILES string of the molecule is CC(=O)CC1CCCCCN1C(=O)c1ccccc1I. The molecule has 0 aliphatic carbocycles. The van der Waals surface area contributed by atoms with Crippen molar-refractivity contribution >= 4 is 34.3 Å². The normalized spacial score (nSPS) is 19.5. The van der Waals surface area contributed by atoms with Gasteiger partial charge in [-0.05, 0) is 54.5 Å². The van der Waals surface area contributed by atoms with E-state index in [0.29, 0.717) is 6.42 Å². The lowest BCUT2D eigenvalue weighted by Crippen LogP contribution is -2.41. The second kappa shape index (κ2) is 7.20. The molecule has 1 aromatic carbocycles. The van der Waals surface area contributed by atoms with Gasteiger partial charge in [0.2, 0.25) is 0 Å².